The third-order valence-electron chi connectivity index (χ3n) is 1.24. The summed E-state index contributed by atoms with van der Waals surface area (Å²) in [6.07, 6.45) is 0. The Kier molecular flexibility index (Phi) is 2.51. The van der Waals surface area contributed by atoms with E-state index in [0.717, 1.165) is 0 Å². The molecular weight excluding hydrogens is 196 g/mol. The van der Waals surface area contributed by atoms with Crippen molar-refractivity contribution in [3.05, 3.63) is 24.3 Å². The predicted molar refractivity (Wildman–Crippen MR) is 42.6 cm³/mol. The molecule has 0 saturated heterocycles. The van der Waals surface area contributed by atoms with Crippen LogP contribution in [0.1, 0.15) is 0 Å². The summed E-state index contributed by atoms with van der Waals surface area (Å²) < 4.78 is 34.5. The fourth-order valence-electron chi connectivity index (χ4n) is 0.748. The van der Waals surface area contributed by atoms with Crippen LogP contribution in [-0.2, 0) is 10.1 Å². The molecule has 3 radical (unpaired) electrons. The van der Waals surface area contributed by atoms with Crippen LogP contribution in [0.25, 0.3) is 0 Å². The van der Waals surface area contributed by atoms with Crippen molar-refractivity contribution in [3.63, 3.8) is 0 Å². The van der Waals surface area contributed by atoms with Crippen molar-refractivity contribution in [1.82, 2.24) is 0 Å². The first-order valence-electron chi connectivity index (χ1n) is 2.96. The van der Waals surface area contributed by atoms with Crippen molar-refractivity contribution in [2.75, 3.05) is 0 Å². The molecule has 12 heavy (non-hydrogen) atoms. The quantitative estimate of drug-likeness (QED) is 0.555. The minimum atomic E-state index is -4.20. The number of hydrogen-bond acceptors (Lipinski definition) is 3. The van der Waals surface area contributed by atoms with Crippen LogP contribution in [0.15, 0.2) is 29.2 Å². The van der Waals surface area contributed by atoms with E-state index >= 15 is 0 Å². The Morgan fingerprint density at radius 2 is 1.92 bits per heavy atom. The maximum Gasteiger partial charge on any atom is 0.341 e. The highest BCUT2D eigenvalue weighted by Gasteiger charge is 2.14. The van der Waals surface area contributed by atoms with Crippen molar-refractivity contribution in [2.45, 2.75) is 4.90 Å². The summed E-state index contributed by atoms with van der Waals surface area (Å²) in [5.74, 6) is 0.0525. The summed E-state index contributed by atoms with van der Waals surface area (Å²) in [6.45, 7) is 0. The van der Waals surface area contributed by atoms with E-state index < -0.39 is 10.1 Å². The Morgan fingerprint density at radius 3 is 2.33 bits per heavy atom. The molecule has 0 unspecified atom stereocenters. The minimum Gasteiger partial charge on any atom is -0.540 e. The Bertz CT molecular complexity index is 373. The van der Waals surface area contributed by atoms with E-state index in [0.29, 0.717) is 0 Å². The molecule has 0 fully saturated rings. The smallest absolute Gasteiger partial charge is 0.341 e. The largest absolute Gasteiger partial charge is 0.540 e. The van der Waals surface area contributed by atoms with E-state index in [4.69, 9.17) is 4.55 Å². The van der Waals surface area contributed by atoms with Crippen LogP contribution in [-0.4, -0.2) is 23.5 Å². The fourth-order valence-corrected chi connectivity index (χ4v) is 1.61. The zero-order chi connectivity index (χ0) is 9.19. The molecule has 1 aromatic carbocycles. The average Bonchev–Trinajstić information content (AvgIpc) is 2.03. The van der Waals surface area contributed by atoms with Gasteiger partial charge in [0.1, 0.15) is 10.6 Å². The zero-order valence-corrected chi connectivity index (χ0v) is 7.71. The van der Waals surface area contributed by atoms with Gasteiger partial charge in [-0.15, -0.1) is 0 Å². The molecule has 0 aliphatic carbocycles. The van der Waals surface area contributed by atoms with Crippen molar-refractivity contribution < 1.29 is 17.4 Å². The van der Waals surface area contributed by atoms with E-state index in [1.54, 1.807) is 6.07 Å². The summed E-state index contributed by atoms with van der Waals surface area (Å²) in [7, 11) is -1.53. The monoisotopic (exact) mass is 201 g/mol. The molecule has 0 amide bonds. The van der Waals surface area contributed by atoms with E-state index in [-0.39, 0.29) is 10.6 Å². The summed E-state index contributed by atoms with van der Waals surface area (Å²) >= 11 is 0. The van der Waals surface area contributed by atoms with Gasteiger partial charge in [0.05, 0.1) is 0 Å². The molecule has 0 atom stereocenters. The number of hydrogen-bond donors (Lipinski definition) is 1. The zero-order valence-electron chi connectivity index (χ0n) is 5.89. The number of para-hydroxylation sites is 1. The molecule has 0 saturated carbocycles. The highest BCUT2D eigenvalue weighted by molar-refractivity contribution is 7.86. The van der Waals surface area contributed by atoms with Gasteiger partial charge >= 0.3 is 10.5 Å². The molecule has 4 nitrogen and oxygen atoms in total. The molecule has 0 bridgehead atoms. The summed E-state index contributed by atoms with van der Waals surface area (Å²) in [5, 5.41) is 0. The molecule has 1 aromatic rings. The highest BCUT2D eigenvalue weighted by atomic mass is 32.2. The maximum absolute atomic E-state index is 10.7. The Labute approximate surface area is 73.5 Å². The van der Waals surface area contributed by atoms with E-state index in [2.05, 4.69) is 14.9 Å². The molecule has 6 heteroatoms. The standard InChI is InChI=1S/C6H5O4SSi/c7-11(8,9)6-4-2-1-3-5(6)10-12/h1-4H,(H,7,8,9). The first kappa shape index (κ1) is 9.24. The molecule has 0 aliphatic heterocycles. The van der Waals surface area contributed by atoms with Crippen molar-refractivity contribution in [3.8, 4) is 5.75 Å². The minimum absolute atomic E-state index is 0.0525. The summed E-state index contributed by atoms with van der Waals surface area (Å²) in [4.78, 5) is -0.264. The lowest BCUT2D eigenvalue weighted by Gasteiger charge is -2.03. The second-order valence-corrected chi connectivity index (χ2v) is 3.62. The van der Waals surface area contributed by atoms with Crippen LogP contribution < -0.4 is 4.43 Å². The van der Waals surface area contributed by atoms with Gasteiger partial charge in [-0.3, -0.25) is 4.55 Å². The average molecular weight is 201 g/mol. The van der Waals surface area contributed by atoms with Gasteiger partial charge in [0.25, 0.3) is 10.1 Å². The number of benzene rings is 1. The van der Waals surface area contributed by atoms with E-state index in [9.17, 15) is 8.42 Å². The van der Waals surface area contributed by atoms with Gasteiger partial charge in [-0.05, 0) is 12.1 Å². The SMILES string of the molecule is O=S(=O)(O)c1ccccc1O[Si]. The maximum atomic E-state index is 10.7. The van der Waals surface area contributed by atoms with Gasteiger partial charge in [-0.25, -0.2) is 0 Å². The summed E-state index contributed by atoms with van der Waals surface area (Å²) in [6, 6.07) is 5.73. The van der Waals surface area contributed by atoms with Gasteiger partial charge in [0.15, 0.2) is 0 Å². The first-order valence-corrected chi connectivity index (χ1v) is 4.80. The molecule has 0 aromatic heterocycles. The third kappa shape index (κ3) is 1.84. The molecule has 0 heterocycles. The van der Waals surface area contributed by atoms with Gasteiger partial charge in [-0.2, -0.15) is 8.42 Å². The Morgan fingerprint density at radius 1 is 1.33 bits per heavy atom. The van der Waals surface area contributed by atoms with E-state index in [1.807, 2.05) is 0 Å². The lowest BCUT2D eigenvalue weighted by Crippen LogP contribution is -2.01. The second kappa shape index (κ2) is 3.26. The van der Waals surface area contributed by atoms with E-state index in [1.165, 1.54) is 18.2 Å². The van der Waals surface area contributed by atoms with Crippen LogP contribution in [0.4, 0.5) is 0 Å². The van der Waals surface area contributed by atoms with Crippen LogP contribution >= 0.6 is 0 Å². The lowest BCUT2D eigenvalue weighted by molar-refractivity contribution is 0.477. The molecule has 1 rings (SSSR count). The first-order chi connectivity index (χ1) is 5.55. The van der Waals surface area contributed by atoms with Crippen molar-refractivity contribution in [1.29, 1.82) is 0 Å². The van der Waals surface area contributed by atoms with Crippen LogP contribution in [0.2, 0.25) is 0 Å². The predicted octanol–water partition coefficient (Wildman–Crippen LogP) is 0.396. The van der Waals surface area contributed by atoms with Crippen molar-refractivity contribution in [2.24, 2.45) is 0 Å². The van der Waals surface area contributed by atoms with Gasteiger partial charge in [0, 0.05) is 0 Å². The molecule has 1 N–H and O–H groups in total. The molecule has 0 spiro atoms. The normalized spacial score (nSPS) is 11.2. The van der Waals surface area contributed by atoms with Gasteiger partial charge in [-0.1, -0.05) is 12.1 Å². The van der Waals surface area contributed by atoms with Crippen LogP contribution in [0, 0.1) is 0 Å². The van der Waals surface area contributed by atoms with Crippen molar-refractivity contribution >= 4 is 20.6 Å². The molecular formula is C6H5O4SSi. The molecule has 0 aliphatic rings. The Balaban J connectivity index is 3.33. The fraction of sp³-hybridized carbons (Fsp3) is 0. The van der Waals surface area contributed by atoms with Gasteiger partial charge < -0.3 is 4.43 Å². The third-order valence-corrected chi connectivity index (χ3v) is 2.35. The topological polar surface area (TPSA) is 63.6 Å². The molecule has 63 valence electrons. The lowest BCUT2D eigenvalue weighted by atomic mass is 10.3. The van der Waals surface area contributed by atoms with Crippen LogP contribution in [0.3, 0.4) is 0 Å². The number of rotatable bonds is 2. The Hall–Kier alpha value is -0.853. The highest BCUT2D eigenvalue weighted by Crippen LogP contribution is 2.21. The van der Waals surface area contributed by atoms with Crippen LogP contribution in [0.5, 0.6) is 5.75 Å². The second-order valence-electron chi connectivity index (χ2n) is 2.02. The van der Waals surface area contributed by atoms with Gasteiger partial charge in [0.2, 0.25) is 0 Å². The summed E-state index contributed by atoms with van der Waals surface area (Å²) in [5.41, 5.74) is 0.